The van der Waals surface area contributed by atoms with Crippen molar-refractivity contribution in [2.75, 3.05) is 30.5 Å². The molecule has 0 aliphatic carbocycles. The van der Waals surface area contributed by atoms with Crippen LogP contribution >= 0.6 is 11.8 Å². The molecule has 1 saturated heterocycles. The van der Waals surface area contributed by atoms with Gasteiger partial charge in [-0.05, 0) is 18.2 Å². The molecule has 0 atom stereocenters. The molecule has 2 rings (SSSR count). The topological polar surface area (TPSA) is 102 Å². The van der Waals surface area contributed by atoms with Crippen molar-refractivity contribution in [3.8, 4) is 5.75 Å². The average Bonchev–Trinajstić information content (AvgIpc) is 2.71. The third kappa shape index (κ3) is 3.02. The fourth-order valence-electron chi connectivity index (χ4n) is 1.69. The summed E-state index contributed by atoms with van der Waals surface area (Å²) in [5.41, 5.74) is 6.49. The monoisotopic (exact) mass is 295 g/mol. The number of hydrogen-bond donors (Lipinski definition) is 2. The number of carbonyl (C=O) groups is 3. The molecular formula is C12H13N3O4S. The molecule has 1 aromatic rings. The number of ether oxygens (including phenoxy) is 1. The summed E-state index contributed by atoms with van der Waals surface area (Å²) in [5.74, 6) is -0.331. The first kappa shape index (κ1) is 14.2. The summed E-state index contributed by atoms with van der Waals surface area (Å²) in [6.07, 6.45) is 0. The summed E-state index contributed by atoms with van der Waals surface area (Å²) in [6.45, 7) is -0.317. The highest BCUT2D eigenvalue weighted by molar-refractivity contribution is 8.14. The molecule has 7 nitrogen and oxygen atoms in total. The van der Waals surface area contributed by atoms with Gasteiger partial charge in [0.25, 0.3) is 5.24 Å². The van der Waals surface area contributed by atoms with E-state index in [1.54, 1.807) is 18.2 Å². The number of nitrogens with one attached hydrogen (secondary N) is 1. The quantitative estimate of drug-likeness (QED) is 0.801. The van der Waals surface area contributed by atoms with Crippen molar-refractivity contribution in [2.24, 2.45) is 0 Å². The van der Waals surface area contributed by atoms with Crippen LogP contribution in [0.1, 0.15) is 0 Å². The Hall–Kier alpha value is -2.22. The van der Waals surface area contributed by atoms with Gasteiger partial charge in [0.1, 0.15) is 12.3 Å². The molecule has 3 N–H and O–H groups in total. The molecule has 1 aromatic carbocycles. The number of imide groups is 1. The summed E-state index contributed by atoms with van der Waals surface area (Å²) in [6, 6.07) is 4.80. The number of nitrogens with zero attached hydrogens (tertiary/aromatic N) is 1. The lowest BCUT2D eigenvalue weighted by atomic mass is 10.2. The van der Waals surface area contributed by atoms with Gasteiger partial charge in [0, 0.05) is 5.69 Å². The number of thioether (sulfide) groups is 1. The molecule has 106 valence electrons. The minimum Gasteiger partial charge on any atom is -0.495 e. The Balaban J connectivity index is 2.06. The average molecular weight is 295 g/mol. The van der Waals surface area contributed by atoms with Gasteiger partial charge in [-0.2, -0.15) is 0 Å². The van der Waals surface area contributed by atoms with Crippen molar-refractivity contribution >= 4 is 40.2 Å². The Morgan fingerprint density at radius 3 is 2.85 bits per heavy atom. The van der Waals surface area contributed by atoms with E-state index >= 15 is 0 Å². The lowest BCUT2D eigenvalue weighted by molar-refractivity contribution is -0.128. The second kappa shape index (κ2) is 5.83. The Kier molecular flexibility index (Phi) is 4.14. The zero-order valence-corrected chi connectivity index (χ0v) is 11.5. The van der Waals surface area contributed by atoms with Gasteiger partial charge in [-0.15, -0.1) is 0 Å². The third-order valence-corrected chi connectivity index (χ3v) is 3.50. The van der Waals surface area contributed by atoms with Gasteiger partial charge in [0.15, 0.2) is 0 Å². The lowest BCUT2D eigenvalue weighted by Gasteiger charge is -2.14. The zero-order chi connectivity index (χ0) is 14.7. The summed E-state index contributed by atoms with van der Waals surface area (Å²) in [5, 5.41) is 2.16. The van der Waals surface area contributed by atoms with Crippen LogP contribution in [0.15, 0.2) is 18.2 Å². The van der Waals surface area contributed by atoms with Crippen LogP contribution in [0.5, 0.6) is 5.75 Å². The molecule has 3 amide bonds. The van der Waals surface area contributed by atoms with E-state index in [1.807, 2.05) is 0 Å². The maximum Gasteiger partial charge on any atom is 0.289 e. The summed E-state index contributed by atoms with van der Waals surface area (Å²) in [7, 11) is 1.46. The predicted octanol–water partition coefficient (Wildman–Crippen LogP) is 0.911. The van der Waals surface area contributed by atoms with E-state index in [4.69, 9.17) is 10.5 Å². The van der Waals surface area contributed by atoms with E-state index in [0.717, 1.165) is 16.7 Å². The Labute approximate surface area is 119 Å². The molecule has 0 spiro atoms. The van der Waals surface area contributed by atoms with Crippen LogP contribution in [0, 0.1) is 0 Å². The molecule has 1 aliphatic heterocycles. The number of methoxy groups -OCH3 is 1. The number of carbonyl (C=O) groups excluding carboxylic acids is 3. The normalized spacial score (nSPS) is 14.6. The molecule has 8 heteroatoms. The first-order valence-corrected chi connectivity index (χ1v) is 6.70. The van der Waals surface area contributed by atoms with Gasteiger partial charge < -0.3 is 15.8 Å². The van der Waals surface area contributed by atoms with Gasteiger partial charge in [0.05, 0.1) is 18.6 Å². The van der Waals surface area contributed by atoms with Crippen molar-refractivity contribution < 1.29 is 19.1 Å². The van der Waals surface area contributed by atoms with E-state index in [0.29, 0.717) is 17.1 Å². The highest BCUT2D eigenvalue weighted by Crippen LogP contribution is 2.26. The van der Waals surface area contributed by atoms with Crippen molar-refractivity contribution in [3.63, 3.8) is 0 Å². The number of anilines is 2. The molecular weight excluding hydrogens is 282 g/mol. The summed E-state index contributed by atoms with van der Waals surface area (Å²) in [4.78, 5) is 35.6. The van der Waals surface area contributed by atoms with Crippen LogP contribution in [0.2, 0.25) is 0 Å². The lowest BCUT2D eigenvalue weighted by Crippen LogP contribution is -2.36. The van der Waals surface area contributed by atoms with E-state index in [2.05, 4.69) is 5.32 Å². The van der Waals surface area contributed by atoms with Crippen LogP contribution in [-0.4, -0.2) is 41.4 Å². The van der Waals surface area contributed by atoms with E-state index < -0.39 is 11.1 Å². The second-order valence-electron chi connectivity index (χ2n) is 4.04. The van der Waals surface area contributed by atoms with Gasteiger partial charge in [0.2, 0.25) is 11.8 Å². The van der Waals surface area contributed by atoms with Gasteiger partial charge in [-0.1, -0.05) is 11.8 Å². The van der Waals surface area contributed by atoms with Gasteiger partial charge in [-0.25, -0.2) is 0 Å². The molecule has 20 heavy (non-hydrogen) atoms. The van der Waals surface area contributed by atoms with Crippen molar-refractivity contribution in [3.05, 3.63) is 18.2 Å². The number of amides is 3. The Morgan fingerprint density at radius 2 is 2.25 bits per heavy atom. The first-order chi connectivity index (χ1) is 9.51. The molecule has 0 saturated carbocycles. The SMILES string of the molecule is COc1ccc(N)cc1NC(=O)CN1C(=O)CSC1=O. The van der Waals surface area contributed by atoms with Crippen molar-refractivity contribution in [1.29, 1.82) is 0 Å². The third-order valence-electron chi connectivity index (χ3n) is 2.64. The zero-order valence-electron chi connectivity index (χ0n) is 10.7. The predicted molar refractivity (Wildman–Crippen MR) is 75.6 cm³/mol. The number of rotatable bonds is 4. The number of benzene rings is 1. The molecule has 1 fully saturated rings. The Morgan fingerprint density at radius 1 is 1.50 bits per heavy atom. The van der Waals surface area contributed by atoms with Crippen LogP contribution in [0.3, 0.4) is 0 Å². The maximum atomic E-state index is 11.9. The van der Waals surface area contributed by atoms with Crippen LogP contribution in [0.25, 0.3) is 0 Å². The number of nitrogen functional groups attached to an aromatic ring is 1. The number of nitrogens with two attached hydrogens (primary N) is 1. The molecule has 0 radical (unpaired) electrons. The van der Waals surface area contributed by atoms with Gasteiger partial charge in [-0.3, -0.25) is 19.3 Å². The standard InChI is InChI=1S/C12H13N3O4S/c1-19-9-3-2-7(13)4-8(9)14-10(16)5-15-11(17)6-20-12(15)18/h2-4H,5-6,13H2,1H3,(H,14,16). The molecule has 1 aliphatic rings. The maximum absolute atomic E-state index is 11.9. The highest BCUT2D eigenvalue weighted by Gasteiger charge is 2.31. The van der Waals surface area contributed by atoms with E-state index in [1.165, 1.54) is 7.11 Å². The van der Waals surface area contributed by atoms with Crippen molar-refractivity contribution in [1.82, 2.24) is 4.90 Å². The van der Waals surface area contributed by atoms with E-state index in [9.17, 15) is 14.4 Å². The molecule has 1 heterocycles. The summed E-state index contributed by atoms with van der Waals surface area (Å²) >= 11 is 0.885. The largest absolute Gasteiger partial charge is 0.495 e. The first-order valence-electron chi connectivity index (χ1n) is 5.71. The molecule has 0 unspecified atom stereocenters. The van der Waals surface area contributed by atoms with E-state index in [-0.39, 0.29) is 18.2 Å². The van der Waals surface area contributed by atoms with Crippen LogP contribution < -0.4 is 15.8 Å². The summed E-state index contributed by atoms with van der Waals surface area (Å²) < 4.78 is 5.09. The van der Waals surface area contributed by atoms with Crippen molar-refractivity contribution in [2.45, 2.75) is 0 Å². The number of hydrogen-bond acceptors (Lipinski definition) is 6. The second-order valence-corrected chi connectivity index (χ2v) is 4.97. The fourth-order valence-corrected chi connectivity index (χ4v) is 2.42. The van der Waals surface area contributed by atoms with Gasteiger partial charge >= 0.3 is 0 Å². The smallest absolute Gasteiger partial charge is 0.289 e. The fraction of sp³-hybridized carbons (Fsp3) is 0.250. The minimum atomic E-state index is -0.488. The molecule has 0 bridgehead atoms. The highest BCUT2D eigenvalue weighted by atomic mass is 32.2. The molecule has 0 aromatic heterocycles. The van der Waals surface area contributed by atoms with Crippen LogP contribution in [0.4, 0.5) is 16.2 Å². The minimum absolute atomic E-state index is 0.0771. The Bertz CT molecular complexity index is 560. The van der Waals surface area contributed by atoms with Crippen LogP contribution in [-0.2, 0) is 9.59 Å².